The van der Waals surface area contributed by atoms with Gasteiger partial charge in [-0.1, -0.05) is 13.0 Å². The fourth-order valence-electron chi connectivity index (χ4n) is 7.42. The molecule has 2 fully saturated rings. The molecule has 5 heterocycles. The SMILES string of the molecule is CCS(=O)(=O)c1nc(N2C3CCC2CN(C(=O)OC(C)(C)C)C3)c2c3c(c(-c4ccc(F)c5oc(NC(=O)OC(C)(C)C)c(C#N)c45)c(F)c2n1)COC3. The summed E-state index contributed by atoms with van der Waals surface area (Å²) in [7, 11) is -4.08. The van der Waals surface area contributed by atoms with Crippen LogP contribution < -0.4 is 10.2 Å². The van der Waals surface area contributed by atoms with Gasteiger partial charge in [-0.25, -0.2) is 36.8 Å². The van der Waals surface area contributed by atoms with E-state index in [1.807, 2.05) is 11.0 Å². The Morgan fingerprint density at radius 1 is 1.00 bits per heavy atom. The van der Waals surface area contributed by atoms with Crippen molar-refractivity contribution in [3.63, 3.8) is 0 Å². The molecule has 2 amide bonds. The third-order valence-corrected chi connectivity index (χ3v) is 11.1. The number of carbonyl (C=O) groups is 2. The number of aromatic nitrogens is 2. The number of nitrogens with zero attached hydrogens (tertiary/aromatic N) is 5. The van der Waals surface area contributed by atoms with E-state index in [1.54, 1.807) is 46.4 Å². The summed E-state index contributed by atoms with van der Waals surface area (Å²) in [6.07, 6.45) is -0.0948. The minimum atomic E-state index is -4.08. The summed E-state index contributed by atoms with van der Waals surface area (Å²) in [5.41, 5.74) is -1.79. The van der Waals surface area contributed by atoms with Crippen LogP contribution in [0.15, 0.2) is 21.7 Å². The topological polar surface area (TPSA) is 177 Å². The van der Waals surface area contributed by atoms with Crippen molar-refractivity contribution in [2.24, 2.45) is 0 Å². The van der Waals surface area contributed by atoms with Crippen molar-refractivity contribution < 1.29 is 45.4 Å². The van der Waals surface area contributed by atoms with Gasteiger partial charge < -0.3 is 28.4 Å². The minimum absolute atomic E-state index is 0.00512. The molecule has 2 aromatic carbocycles. The molecule has 4 aromatic rings. The first kappa shape index (κ1) is 37.2. The molecule has 0 radical (unpaired) electrons. The van der Waals surface area contributed by atoms with Gasteiger partial charge in [0.25, 0.3) is 0 Å². The number of sulfone groups is 1. The fourth-order valence-corrected chi connectivity index (χ4v) is 8.14. The highest BCUT2D eigenvalue weighted by Gasteiger charge is 2.45. The van der Waals surface area contributed by atoms with Gasteiger partial charge in [-0.3, -0.25) is 5.32 Å². The van der Waals surface area contributed by atoms with E-state index >= 15 is 8.78 Å². The number of hydrogen-bond donors (Lipinski definition) is 1. The largest absolute Gasteiger partial charge is 0.444 e. The van der Waals surface area contributed by atoms with Crippen LogP contribution in [0.4, 0.5) is 30.1 Å². The lowest BCUT2D eigenvalue weighted by Gasteiger charge is -2.42. The quantitative estimate of drug-likeness (QED) is 0.207. The van der Waals surface area contributed by atoms with Gasteiger partial charge in [0.05, 0.1) is 29.7 Å². The molecular formula is C37H40F2N6O8S. The first-order chi connectivity index (χ1) is 25.3. The number of carbonyl (C=O) groups excluding carboxylic acids is 2. The first-order valence-electron chi connectivity index (χ1n) is 17.6. The zero-order valence-electron chi connectivity index (χ0n) is 30.9. The number of fused-ring (bicyclic) bond motifs is 6. The van der Waals surface area contributed by atoms with E-state index < -0.39 is 61.5 Å². The third-order valence-electron chi connectivity index (χ3n) is 9.58. The van der Waals surface area contributed by atoms with Gasteiger partial charge >= 0.3 is 12.2 Å². The molecule has 3 aliphatic rings. The van der Waals surface area contributed by atoms with Gasteiger partial charge in [0.15, 0.2) is 17.2 Å². The van der Waals surface area contributed by atoms with E-state index in [0.29, 0.717) is 24.0 Å². The second-order valence-corrected chi connectivity index (χ2v) is 17.8. The second kappa shape index (κ2) is 13.0. The van der Waals surface area contributed by atoms with Crippen LogP contribution in [0, 0.1) is 23.0 Å². The standard InChI is InChI=1S/C37H40F2N6O8S/c1-8-54(48,49)33-41-29-27(31(42-33)45-18-9-10-19(45)15-44(14-18)35(47)53-37(5,6)7)23-17-50-16-22(23)25(28(29)39)20-11-12-24(38)30-26(20)21(13-40)32(51-30)43-34(46)52-36(2,3)4/h11-12,18-19H,8-10,14-17H2,1-7H3,(H,43,46). The second-order valence-electron chi connectivity index (χ2n) is 15.6. The maximum absolute atomic E-state index is 17.5. The van der Waals surface area contributed by atoms with Crippen molar-refractivity contribution in [2.45, 2.75) is 103 Å². The summed E-state index contributed by atoms with van der Waals surface area (Å²) in [6, 6.07) is 3.70. The van der Waals surface area contributed by atoms with Crippen molar-refractivity contribution in [3.05, 3.63) is 40.5 Å². The van der Waals surface area contributed by atoms with Crippen LogP contribution in [0.5, 0.6) is 0 Å². The Kier molecular flexibility index (Phi) is 9.00. The molecular weight excluding hydrogens is 727 g/mol. The Bertz CT molecular complexity index is 2380. The lowest BCUT2D eigenvalue weighted by atomic mass is 9.90. The molecule has 2 unspecified atom stereocenters. The Labute approximate surface area is 310 Å². The zero-order chi connectivity index (χ0) is 39.1. The molecule has 7 rings (SSSR count). The summed E-state index contributed by atoms with van der Waals surface area (Å²) >= 11 is 0. The van der Waals surface area contributed by atoms with Crippen LogP contribution in [0.25, 0.3) is 33.0 Å². The predicted octanol–water partition coefficient (Wildman–Crippen LogP) is 6.95. The lowest BCUT2D eigenvalue weighted by Crippen LogP contribution is -2.56. The zero-order valence-corrected chi connectivity index (χ0v) is 31.7. The summed E-state index contributed by atoms with van der Waals surface area (Å²) < 4.78 is 82.2. The molecule has 3 aliphatic heterocycles. The molecule has 2 aromatic heterocycles. The van der Waals surface area contributed by atoms with E-state index in [9.17, 15) is 23.3 Å². The first-order valence-corrected chi connectivity index (χ1v) is 19.2. The number of amides is 2. The molecule has 54 heavy (non-hydrogen) atoms. The highest BCUT2D eigenvalue weighted by molar-refractivity contribution is 7.91. The molecule has 0 spiro atoms. The fraction of sp³-hybridized carbons (Fsp3) is 0.486. The Morgan fingerprint density at radius 2 is 1.65 bits per heavy atom. The molecule has 0 saturated carbocycles. The van der Waals surface area contributed by atoms with E-state index in [4.69, 9.17) is 18.6 Å². The van der Waals surface area contributed by atoms with Crippen molar-refractivity contribution in [1.82, 2.24) is 14.9 Å². The van der Waals surface area contributed by atoms with Crippen molar-refractivity contribution in [3.8, 4) is 17.2 Å². The predicted molar refractivity (Wildman–Crippen MR) is 193 cm³/mol. The third kappa shape index (κ3) is 6.44. The molecule has 17 heteroatoms. The number of hydrogen-bond acceptors (Lipinski definition) is 12. The normalized spacial score (nSPS) is 18.6. The van der Waals surface area contributed by atoms with Gasteiger partial charge in [-0.05, 0) is 77.1 Å². The molecule has 2 atom stereocenters. The summed E-state index contributed by atoms with van der Waals surface area (Å²) in [5.74, 6) is -2.36. The number of benzene rings is 2. The molecule has 1 N–H and O–H groups in total. The number of piperazine rings is 1. The highest BCUT2D eigenvalue weighted by Crippen LogP contribution is 2.48. The Balaban J connectivity index is 1.44. The summed E-state index contributed by atoms with van der Waals surface area (Å²) in [6.45, 7) is 12.2. The lowest BCUT2D eigenvalue weighted by molar-refractivity contribution is 0.0209. The van der Waals surface area contributed by atoms with Gasteiger partial charge in [0.1, 0.15) is 34.2 Å². The monoisotopic (exact) mass is 766 g/mol. The maximum atomic E-state index is 17.5. The number of rotatable bonds is 5. The molecule has 2 saturated heterocycles. The number of ether oxygens (including phenoxy) is 3. The van der Waals surface area contributed by atoms with Crippen LogP contribution in [0.2, 0.25) is 0 Å². The van der Waals surface area contributed by atoms with Crippen LogP contribution >= 0.6 is 0 Å². The van der Waals surface area contributed by atoms with E-state index in [-0.39, 0.29) is 82.9 Å². The average molecular weight is 767 g/mol. The number of anilines is 2. The number of nitrogens with one attached hydrogen (secondary N) is 1. The average Bonchev–Trinajstić information content (AvgIpc) is 3.77. The van der Waals surface area contributed by atoms with E-state index in [0.717, 1.165) is 6.07 Å². The molecule has 286 valence electrons. The maximum Gasteiger partial charge on any atom is 0.414 e. The van der Waals surface area contributed by atoms with Crippen molar-refractivity contribution in [2.75, 3.05) is 29.1 Å². The van der Waals surface area contributed by atoms with Crippen LogP contribution in [0.1, 0.15) is 78.0 Å². The van der Waals surface area contributed by atoms with Gasteiger partial charge in [0.2, 0.25) is 20.9 Å². The van der Waals surface area contributed by atoms with E-state index in [2.05, 4.69) is 15.3 Å². The number of furan rings is 1. The van der Waals surface area contributed by atoms with Gasteiger partial charge in [-0.2, -0.15) is 5.26 Å². The smallest absolute Gasteiger partial charge is 0.414 e. The number of nitriles is 1. The number of likely N-dealkylation sites (tertiary alicyclic amines) is 1. The van der Waals surface area contributed by atoms with Crippen molar-refractivity contribution >= 4 is 55.6 Å². The Morgan fingerprint density at radius 3 is 2.26 bits per heavy atom. The van der Waals surface area contributed by atoms with Crippen LogP contribution in [0.3, 0.4) is 0 Å². The van der Waals surface area contributed by atoms with E-state index in [1.165, 1.54) is 13.0 Å². The minimum Gasteiger partial charge on any atom is -0.444 e. The van der Waals surface area contributed by atoms with Crippen LogP contribution in [-0.4, -0.2) is 77.6 Å². The summed E-state index contributed by atoms with van der Waals surface area (Å²) in [4.78, 5) is 38.3. The van der Waals surface area contributed by atoms with Crippen LogP contribution in [-0.2, 0) is 37.3 Å². The number of halogens is 2. The summed E-state index contributed by atoms with van der Waals surface area (Å²) in [5, 5.41) is 12.2. The van der Waals surface area contributed by atoms with Gasteiger partial charge in [0, 0.05) is 30.7 Å². The van der Waals surface area contributed by atoms with Crippen molar-refractivity contribution in [1.29, 1.82) is 5.26 Å². The Hall–Kier alpha value is -5.08. The molecule has 0 aliphatic carbocycles. The highest BCUT2D eigenvalue weighted by atomic mass is 32.2. The molecule has 2 bridgehead atoms. The molecule has 14 nitrogen and oxygen atoms in total. The van der Waals surface area contributed by atoms with Gasteiger partial charge in [-0.15, -0.1) is 0 Å².